The smallest absolute Gasteiger partial charge is 0.118 e. The zero-order chi connectivity index (χ0) is 41.7. The maximum atomic E-state index is 5.57. The summed E-state index contributed by atoms with van der Waals surface area (Å²) in [6.07, 6.45) is 0. The molecule has 0 fully saturated rings. The topological polar surface area (TPSA) is 94.3 Å². The Balaban J connectivity index is 1.51. The molecule has 0 saturated heterocycles. The van der Waals surface area contributed by atoms with Crippen molar-refractivity contribution in [2.45, 2.75) is 0 Å². The van der Waals surface area contributed by atoms with Crippen molar-refractivity contribution in [3.8, 4) is 67.5 Å². The highest BCUT2D eigenvalue weighted by Crippen LogP contribution is 2.50. The van der Waals surface area contributed by atoms with E-state index in [0.29, 0.717) is 0 Å². The molecule has 4 aromatic carbocycles. The Labute approximate surface area is 379 Å². The molecule has 0 aliphatic carbocycles. The Bertz CT molecular complexity index is 2640. The van der Waals surface area contributed by atoms with Gasteiger partial charge in [-0.1, -0.05) is 48.5 Å². The molecular formula is C48H34Br4N4O4. The van der Waals surface area contributed by atoms with Crippen molar-refractivity contribution in [1.29, 1.82) is 0 Å². The molecule has 12 heteroatoms. The lowest BCUT2D eigenvalue weighted by molar-refractivity contribution is 0.415. The van der Waals surface area contributed by atoms with Gasteiger partial charge in [0, 0.05) is 44.3 Å². The van der Waals surface area contributed by atoms with E-state index in [9.17, 15) is 0 Å². The number of halogens is 4. The number of hydrogen-bond donors (Lipinski definition) is 2. The lowest BCUT2D eigenvalue weighted by Crippen LogP contribution is -1.91. The Morgan fingerprint density at radius 1 is 0.317 bits per heavy atom. The van der Waals surface area contributed by atoms with Crippen LogP contribution in [-0.2, 0) is 0 Å². The largest absolute Gasteiger partial charge is 0.497 e. The quantitative estimate of drug-likeness (QED) is 0.157. The number of methoxy groups -OCH3 is 4. The fraction of sp³-hybridized carbons (Fsp3) is 0.0833. The summed E-state index contributed by atoms with van der Waals surface area (Å²) in [5.41, 5.74) is 13.7. The standard InChI is InChI=1S/C48H34Br4N4O4/c1-57-29-13-5-25(6-14-29)37-33-21-22-34(53-33)38(26-7-15-30(58-2)16-8-26)47-43(51)44(52)48(56-47)40(28-11-19-32(60-4)20-12-28)36-24-23-35(54-36)39(27-9-17-31(59-3)18-10-27)46-42(50)41(49)45(37)55-46/h5-24,53-54H,1-4H3. The summed E-state index contributed by atoms with van der Waals surface area (Å²) < 4.78 is 25.5. The van der Waals surface area contributed by atoms with Crippen molar-refractivity contribution in [3.63, 3.8) is 0 Å². The van der Waals surface area contributed by atoms with Crippen LogP contribution in [0.2, 0.25) is 0 Å². The zero-order valence-corrected chi connectivity index (χ0v) is 38.9. The van der Waals surface area contributed by atoms with Crippen molar-refractivity contribution >= 4 is 104 Å². The van der Waals surface area contributed by atoms with E-state index in [1.165, 1.54) is 0 Å². The number of H-pyrrole nitrogens is 2. The van der Waals surface area contributed by atoms with E-state index >= 15 is 0 Å². The second-order valence-electron chi connectivity index (χ2n) is 13.9. The Morgan fingerprint density at radius 3 is 0.700 bits per heavy atom. The fourth-order valence-electron chi connectivity index (χ4n) is 7.58. The first-order valence-corrected chi connectivity index (χ1v) is 21.9. The van der Waals surface area contributed by atoms with E-state index in [1.807, 2.05) is 48.5 Å². The minimum atomic E-state index is 0.745. The number of aromatic nitrogens is 4. The second kappa shape index (κ2) is 16.6. The van der Waals surface area contributed by atoms with Gasteiger partial charge in [-0.05, 0) is 159 Å². The number of nitrogens with zero attached hydrogens (tertiary/aromatic N) is 2. The number of rotatable bonds is 8. The Kier molecular flexibility index (Phi) is 11.1. The maximum Gasteiger partial charge on any atom is 0.118 e. The third-order valence-electron chi connectivity index (χ3n) is 10.6. The molecule has 0 saturated carbocycles. The van der Waals surface area contributed by atoms with Crippen LogP contribution in [0.4, 0.5) is 0 Å². The van der Waals surface area contributed by atoms with Crippen LogP contribution in [0.3, 0.4) is 0 Å². The van der Waals surface area contributed by atoms with Gasteiger partial charge in [-0.2, -0.15) is 0 Å². The van der Waals surface area contributed by atoms with Crippen LogP contribution in [0.1, 0.15) is 22.8 Å². The lowest BCUT2D eigenvalue weighted by Gasteiger charge is -2.09. The molecule has 0 spiro atoms. The van der Waals surface area contributed by atoms with E-state index < -0.39 is 0 Å². The van der Waals surface area contributed by atoms with Crippen molar-refractivity contribution in [2.75, 3.05) is 28.4 Å². The van der Waals surface area contributed by atoms with Gasteiger partial charge in [-0.3, -0.25) is 0 Å². The number of hydrogen-bond acceptors (Lipinski definition) is 6. The van der Waals surface area contributed by atoms with Gasteiger partial charge in [0.05, 0.1) is 69.1 Å². The Morgan fingerprint density at radius 2 is 0.517 bits per heavy atom. The highest BCUT2D eigenvalue weighted by molar-refractivity contribution is 9.18. The van der Waals surface area contributed by atoms with Crippen molar-refractivity contribution < 1.29 is 18.9 Å². The summed E-state index contributed by atoms with van der Waals surface area (Å²) in [6, 6.07) is 40.5. The average Bonchev–Trinajstić information content (AvgIpc) is 4.09. The molecule has 0 radical (unpaired) electrons. The van der Waals surface area contributed by atoms with Crippen molar-refractivity contribution in [2.24, 2.45) is 0 Å². The van der Waals surface area contributed by atoms with Gasteiger partial charge >= 0.3 is 0 Å². The highest BCUT2D eigenvalue weighted by Gasteiger charge is 2.28. The van der Waals surface area contributed by atoms with Gasteiger partial charge in [0.15, 0.2) is 0 Å². The van der Waals surface area contributed by atoms with Crippen LogP contribution in [0.5, 0.6) is 23.0 Å². The summed E-state index contributed by atoms with van der Waals surface area (Å²) in [5, 5.41) is 0. The molecule has 298 valence electrons. The fourth-order valence-corrected chi connectivity index (χ4v) is 9.48. The predicted molar refractivity (Wildman–Crippen MR) is 258 cm³/mol. The molecule has 7 aromatic rings. The molecule has 0 atom stereocenters. The molecular weight excluding hydrogens is 1020 g/mol. The molecule has 9 rings (SSSR count). The summed E-state index contributed by atoms with van der Waals surface area (Å²) >= 11 is 16.0. The molecule has 0 amide bonds. The lowest BCUT2D eigenvalue weighted by atomic mass is 10.0. The minimum Gasteiger partial charge on any atom is -0.497 e. The van der Waals surface area contributed by atoms with Gasteiger partial charge < -0.3 is 28.9 Å². The molecule has 2 N–H and O–H groups in total. The molecule has 2 aliphatic rings. The summed E-state index contributed by atoms with van der Waals surface area (Å²) in [7, 11) is 6.67. The van der Waals surface area contributed by atoms with Gasteiger partial charge in [0.1, 0.15) is 23.0 Å². The number of benzene rings is 4. The first-order valence-electron chi connectivity index (χ1n) is 18.7. The maximum absolute atomic E-state index is 5.57. The zero-order valence-electron chi connectivity index (χ0n) is 32.6. The second-order valence-corrected chi connectivity index (χ2v) is 17.0. The van der Waals surface area contributed by atoms with Crippen molar-refractivity contribution in [3.05, 3.63) is 144 Å². The first kappa shape index (κ1) is 40.0. The van der Waals surface area contributed by atoms with Gasteiger partial charge in [-0.15, -0.1) is 0 Å². The minimum absolute atomic E-state index is 0.745. The van der Waals surface area contributed by atoms with Crippen LogP contribution < -0.4 is 18.9 Å². The Hall–Kier alpha value is -5.40. The summed E-state index contributed by atoms with van der Waals surface area (Å²) in [4.78, 5) is 18.6. The van der Waals surface area contributed by atoms with Crippen LogP contribution in [0.15, 0.2) is 121 Å². The van der Waals surface area contributed by atoms with Crippen LogP contribution in [0.25, 0.3) is 84.5 Å². The average molecular weight is 1050 g/mol. The summed E-state index contributed by atoms with van der Waals surface area (Å²) in [6.45, 7) is 0. The van der Waals surface area contributed by atoms with Gasteiger partial charge in [-0.25, -0.2) is 9.97 Å². The van der Waals surface area contributed by atoms with E-state index in [4.69, 9.17) is 28.9 Å². The molecule has 60 heavy (non-hydrogen) atoms. The van der Waals surface area contributed by atoms with Crippen LogP contribution in [-0.4, -0.2) is 48.4 Å². The van der Waals surface area contributed by atoms with E-state index in [1.54, 1.807) is 28.4 Å². The monoisotopic (exact) mass is 1050 g/mol. The SMILES string of the molecule is COc1ccc(-c2c3nc(c(-c4ccc(OC)cc4)c4ccc([nH]4)c(-c4ccc(OC)cc4)c4nc(c(-c5ccc(OC)cc5)c5ccc2[nH]5)C(Br)=C4Br)C(Br)=C3Br)cc1. The summed E-state index contributed by atoms with van der Waals surface area (Å²) in [5.74, 6) is 3.01. The van der Waals surface area contributed by atoms with E-state index in [2.05, 4.69) is 146 Å². The predicted octanol–water partition coefficient (Wildman–Crippen LogP) is 14.2. The number of aromatic amines is 2. The molecule has 8 nitrogen and oxygen atoms in total. The molecule has 0 unspecified atom stereocenters. The van der Waals surface area contributed by atoms with Crippen LogP contribution in [0, 0.1) is 0 Å². The number of ether oxygens (including phenoxy) is 4. The number of fused-ring (bicyclic) bond motifs is 8. The highest BCUT2D eigenvalue weighted by atomic mass is 79.9. The molecule has 8 bridgehead atoms. The molecule has 3 aromatic heterocycles. The van der Waals surface area contributed by atoms with Crippen LogP contribution >= 0.6 is 63.7 Å². The third-order valence-corrected chi connectivity index (χ3v) is 14.7. The number of nitrogens with one attached hydrogen (secondary N) is 2. The normalized spacial score (nSPS) is 12.5. The van der Waals surface area contributed by atoms with Gasteiger partial charge in [0.25, 0.3) is 0 Å². The van der Waals surface area contributed by atoms with E-state index in [-0.39, 0.29) is 0 Å². The van der Waals surface area contributed by atoms with Gasteiger partial charge in [0.2, 0.25) is 0 Å². The molecule has 5 heterocycles. The van der Waals surface area contributed by atoms with Crippen molar-refractivity contribution in [1.82, 2.24) is 19.9 Å². The first-order chi connectivity index (χ1) is 29.2. The molecule has 2 aliphatic heterocycles. The van der Waals surface area contributed by atoms with E-state index in [0.717, 1.165) is 130 Å². The third kappa shape index (κ3) is 7.08.